The summed E-state index contributed by atoms with van der Waals surface area (Å²) in [6.45, 7) is 1.55. The van der Waals surface area contributed by atoms with E-state index in [-0.39, 0.29) is 24.5 Å². The van der Waals surface area contributed by atoms with Crippen molar-refractivity contribution in [1.82, 2.24) is 24.6 Å². The maximum absolute atomic E-state index is 14.6. The Morgan fingerprint density at radius 2 is 1.35 bits per heavy atom. The molecule has 48 heavy (non-hydrogen) atoms. The molecule has 2 aromatic heterocycles. The molecule has 1 aliphatic rings. The minimum absolute atomic E-state index is 0.158. The molecule has 1 aliphatic heterocycles. The van der Waals surface area contributed by atoms with Crippen molar-refractivity contribution in [3.63, 3.8) is 0 Å². The van der Waals surface area contributed by atoms with Gasteiger partial charge in [0.05, 0.1) is 12.4 Å². The van der Waals surface area contributed by atoms with Crippen LogP contribution in [-0.4, -0.2) is 91.4 Å². The molecule has 1 fully saturated rings. The lowest BCUT2D eigenvalue weighted by atomic mass is 9.90. The van der Waals surface area contributed by atoms with Gasteiger partial charge in [-0.15, -0.1) is 0 Å². The van der Waals surface area contributed by atoms with Gasteiger partial charge in [-0.1, -0.05) is 6.92 Å². The lowest BCUT2D eigenvalue weighted by Crippen LogP contribution is -2.75. The van der Waals surface area contributed by atoms with E-state index < -0.39 is 90.9 Å². The summed E-state index contributed by atoms with van der Waals surface area (Å²) in [7, 11) is -3.49. The summed E-state index contributed by atoms with van der Waals surface area (Å²) in [5, 5.41) is 2.41. The van der Waals surface area contributed by atoms with Crippen LogP contribution in [0, 0.1) is 0 Å². The van der Waals surface area contributed by atoms with Gasteiger partial charge in [0.2, 0.25) is 0 Å². The van der Waals surface area contributed by atoms with Crippen molar-refractivity contribution in [2.24, 2.45) is 0 Å². The van der Waals surface area contributed by atoms with Gasteiger partial charge in [0, 0.05) is 19.6 Å². The van der Waals surface area contributed by atoms with E-state index in [1.807, 2.05) is 0 Å². The van der Waals surface area contributed by atoms with Crippen molar-refractivity contribution in [2.45, 2.75) is 85.9 Å². The van der Waals surface area contributed by atoms with Crippen LogP contribution < -0.4 is 10.4 Å². The molecular weight excluding hydrogens is 742 g/mol. The van der Waals surface area contributed by atoms with Crippen LogP contribution >= 0.6 is 7.75 Å². The zero-order valence-corrected chi connectivity index (χ0v) is 24.0. The maximum atomic E-state index is 14.6. The number of aromatic nitrogens is 4. The zero-order chi connectivity index (χ0) is 37.3. The first kappa shape index (κ1) is 39.7. The zero-order valence-electron chi connectivity index (χ0n) is 23.1. The van der Waals surface area contributed by atoms with Crippen LogP contribution in [0.1, 0.15) is 26.0 Å². The van der Waals surface area contributed by atoms with Crippen molar-refractivity contribution in [3.05, 3.63) is 12.7 Å². The Morgan fingerprint density at radius 3 is 1.83 bits per heavy atom. The molecule has 0 bridgehead atoms. The van der Waals surface area contributed by atoms with E-state index in [9.17, 15) is 84.1 Å². The fraction of sp³-hybridized carbons (Fsp3) is 0.750. The number of halogens is 17. The second-order valence-electron chi connectivity index (χ2n) is 9.90. The molecule has 28 heteroatoms. The third-order valence-corrected chi connectivity index (χ3v) is 8.03. The highest BCUT2D eigenvalue weighted by Gasteiger charge is 2.95. The predicted octanol–water partition coefficient (Wildman–Crippen LogP) is 6.61. The van der Waals surface area contributed by atoms with E-state index >= 15 is 0 Å². The molecule has 0 spiro atoms. The summed E-state index contributed by atoms with van der Waals surface area (Å²) < 4.78 is 254. The lowest BCUT2D eigenvalue weighted by Gasteiger charge is -2.42. The summed E-state index contributed by atoms with van der Waals surface area (Å²) in [5.74, 6) is -52.7. The van der Waals surface area contributed by atoms with Gasteiger partial charge in [0.15, 0.2) is 17.0 Å². The molecule has 0 saturated carbocycles. The third kappa shape index (κ3) is 5.91. The van der Waals surface area contributed by atoms with Crippen molar-refractivity contribution in [3.8, 4) is 0 Å². The molecule has 4 unspecified atom stereocenters. The quantitative estimate of drug-likeness (QED) is 0.118. The number of nitrogens with one attached hydrogen (secondary N) is 2. The monoisotopic (exact) mass is 760 g/mol. The van der Waals surface area contributed by atoms with Crippen molar-refractivity contribution in [2.75, 3.05) is 12.4 Å². The van der Waals surface area contributed by atoms with E-state index in [4.69, 9.17) is 4.74 Å². The first-order chi connectivity index (χ1) is 21.4. The van der Waals surface area contributed by atoms with Crippen LogP contribution in [0.3, 0.4) is 0 Å². The van der Waals surface area contributed by atoms with Crippen molar-refractivity contribution < 1.29 is 93.4 Å². The first-order valence-corrected chi connectivity index (χ1v) is 13.9. The molecule has 1 saturated heterocycles. The fourth-order valence-electron chi connectivity index (χ4n) is 4.22. The number of nitrogens with zero attached hydrogens (tertiary/aromatic N) is 4. The highest BCUT2D eigenvalue weighted by molar-refractivity contribution is 7.50. The van der Waals surface area contributed by atoms with E-state index in [0.29, 0.717) is 6.33 Å². The molecule has 3 N–H and O–H groups in total. The summed E-state index contributed by atoms with van der Waals surface area (Å²) >= 11 is 0. The van der Waals surface area contributed by atoms with Crippen LogP contribution in [0.5, 0.6) is 0 Å². The molecule has 0 radical (unpaired) electrons. The average Bonchev–Trinajstić information content (AvgIpc) is 3.55. The van der Waals surface area contributed by atoms with Gasteiger partial charge in [0.1, 0.15) is 12.6 Å². The smallest absolute Gasteiger partial charge is 0.353 e. The van der Waals surface area contributed by atoms with Crippen molar-refractivity contribution >= 4 is 24.7 Å². The Morgan fingerprint density at radius 1 is 0.854 bits per heavy atom. The van der Waals surface area contributed by atoms with Gasteiger partial charge < -0.3 is 19.5 Å². The molecule has 0 aliphatic carbocycles. The Hall–Kier alpha value is -2.77. The number of fused-ring (bicyclic) bond motifs is 1. The van der Waals surface area contributed by atoms with E-state index in [1.165, 1.54) is 0 Å². The van der Waals surface area contributed by atoms with Crippen molar-refractivity contribution in [1.29, 1.82) is 0 Å². The number of alkyl halides is 17. The van der Waals surface area contributed by atoms with Gasteiger partial charge in [-0.2, -0.15) is 74.6 Å². The fourth-order valence-corrected chi connectivity index (χ4v) is 5.02. The molecular formula is C20H18F17N6O4P. The topological polar surface area (TPSA) is 123 Å². The number of imidazole rings is 1. The Bertz CT molecular complexity index is 1540. The highest BCUT2D eigenvalue weighted by atomic mass is 31.2. The molecule has 276 valence electrons. The lowest BCUT2D eigenvalue weighted by molar-refractivity contribution is -0.460. The van der Waals surface area contributed by atoms with E-state index in [2.05, 4.69) is 24.6 Å². The normalized spacial score (nSPS) is 22.3. The predicted molar refractivity (Wildman–Crippen MR) is 122 cm³/mol. The Kier molecular flexibility index (Phi) is 9.86. The first-order valence-electron chi connectivity index (χ1n) is 12.4. The van der Waals surface area contributed by atoms with E-state index in [1.54, 1.807) is 6.92 Å². The molecule has 4 atom stereocenters. The number of hydrogen-bond acceptors (Lipinski definition) is 7. The van der Waals surface area contributed by atoms with Crippen LogP contribution in [0.25, 0.3) is 11.2 Å². The molecule has 3 rings (SSSR count). The van der Waals surface area contributed by atoms with Crippen LogP contribution in [0.15, 0.2) is 12.7 Å². The number of ether oxygens (including phenoxy) is 1. The van der Waals surface area contributed by atoms with Gasteiger partial charge in [0.25, 0.3) is 0 Å². The Labute approximate surface area is 254 Å². The third-order valence-electron chi connectivity index (χ3n) is 6.88. The highest BCUT2D eigenvalue weighted by Crippen LogP contribution is 2.64. The minimum Gasteiger partial charge on any atom is -0.353 e. The standard InChI is InChI=1S/C20H18F17N6O4P/c1-3-8-7(42-48(44,45)46-2)4-9(47-8)43-6-40-10-11(38-5-39-12(10)43)41-20(36,37)18(31,32)16(27,28)14(23,24)13(21,22)15(25,26)17(29,30)19(33,34)35/h5-9H,3-4H2,1-2H3,(H,38,39,41)(H2,42,44,45). The van der Waals surface area contributed by atoms with Crippen LogP contribution in [-0.2, 0) is 13.8 Å². The van der Waals surface area contributed by atoms with Crippen LogP contribution in [0.4, 0.5) is 80.5 Å². The van der Waals surface area contributed by atoms with E-state index in [0.717, 1.165) is 11.7 Å². The van der Waals surface area contributed by atoms with Gasteiger partial charge in [-0.05, 0) is 6.42 Å². The largest absolute Gasteiger partial charge is 0.460 e. The summed E-state index contributed by atoms with van der Waals surface area (Å²) in [6.07, 6.45) is -9.15. The summed E-state index contributed by atoms with van der Waals surface area (Å²) in [5.41, 5.74) is -1.76. The van der Waals surface area contributed by atoms with Gasteiger partial charge in [-0.25, -0.2) is 24.6 Å². The maximum Gasteiger partial charge on any atom is 0.460 e. The molecule has 0 aromatic carbocycles. The van der Waals surface area contributed by atoms with Crippen LogP contribution in [0.2, 0.25) is 0 Å². The molecule has 2 aromatic rings. The SMILES string of the molecule is CCC1OC(n2cnc3c(NC(F)(F)C(F)(F)C(F)(F)C(F)(F)C(F)(F)C(F)(F)C(F)(F)C(F)(F)F)ncnc32)CC1NP(=O)(O)OC. The average molecular weight is 760 g/mol. The van der Waals surface area contributed by atoms with Gasteiger partial charge in [-0.3, -0.25) is 4.57 Å². The molecule has 3 heterocycles. The second kappa shape index (κ2) is 11.9. The molecule has 0 amide bonds. The second-order valence-corrected chi connectivity index (χ2v) is 11.6. The number of rotatable bonds is 13. The Balaban J connectivity index is 2.00. The number of anilines is 1. The number of hydrogen-bond donors (Lipinski definition) is 3. The minimum atomic E-state index is -8.76. The summed E-state index contributed by atoms with van der Waals surface area (Å²) in [4.78, 5) is 19.7. The van der Waals surface area contributed by atoms with Gasteiger partial charge >= 0.3 is 55.5 Å². The molecule has 10 nitrogen and oxygen atoms in total. The summed E-state index contributed by atoms with van der Waals surface area (Å²) in [6, 6.07) is -7.93.